The van der Waals surface area contributed by atoms with Gasteiger partial charge in [-0.3, -0.25) is 5.41 Å². The van der Waals surface area contributed by atoms with Crippen LogP contribution in [0.4, 0.5) is 14.5 Å². The zero-order valence-electron chi connectivity index (χ0n) is 11.5. The molecule has 1 aliphatic heterocycles. The summed E-state index contributed by atoms with van der Waals surface area (Å²) in [5.41, 5.74) is 5.18. The van der Waals surface area contributed by atoms with Gasteiger partial charge in [0.05, 0.1) is 6.10 Å². The molecule has 0 amide bonds. The van der Waals surface area contributed by atoms with Crippen molar-refractivity contribution in [1.29, 1.82) is 5.41 Å². The number of nitrogen functional groups attached to an aromatic ring is 1. The topological polar surface area (TPSA) is 62.3 Å². The van der Waals surface area contributed by atoms with E-state index in [4.69, 9.17) is 15.9 Å². The predicted octanol–water partition coefficient (Wildman–Crippen LogP) is 2.25. The van der Waals surface area contributed by atoms with Crippen LogP contribution in [0.1, 0.15) is 24.8 Å². The molecule has 1 aromatic rings. The van der Waals surface area contributed by atoms with E-state index in [1.165, 1.54) is 4.90 Å². The van der Waals surface area contributed by atoms with E-state index in [9.17, 15) is 8.78 Å². The van der Waals surface area contributed by atoms with Gasteiger partial charge in [-0.2, -0.15) is 0 Å². The Morgan fingerprint density at radius 1 is 1.40 bits per heavy atom. The van der Waals surface area contributed by atoms with Gasteiger partial charge >= 0.3 is 0 Å². The number of halogens is 2. The Morgan fingerprint density at radius 3 is 2.55 bits per heavy atom. The summed E-state index contributed by atoms with van der Waals surface area (Å²) in [6.45, 7) is 1.14. The highest BCUT2D eigenvalue weighted by atomic mass is 19.1. The minimum absolute atomic E-state index is 0.0000311. The molecule has 1 unspecified atom stereocenters. The van der Waals surface area contributed by atoms with Crippen LogP contribution >= 0.6 is 0 Å². The Bertz CT molecular complexity index is 478. The lowest BCUT2D eigenvalue weighted by molar-refractivity contribution is 0.0215. The number of likely N-dealkylation sites (N-methyl/N-ethyl adjacent to an activating group) is 1. The van der Waals surface area contributed by atoms with Crippen molar-refractivity contribution in [2.45, 2.75) is 25.4 Å². The van der Waals surface area contributed by atoms with E-state index in [1.54, 1.807) is 7.05 Å². The van der Waals surface area contributed by atoms with E-state index in [2.05, 4.69) is 0 Å². The van der Waals surface area contributed by atoms with Gasteiger partial charge in [-0.25, -0.2) is 8.78 Å². The number of nitrogens with one attached hydrogen (secondary N) is 1. The zero-order chi connectivity index (χ0) is 14.7. The molecule has 3 N–H and O–H groups in total. The first-order valence-electron chi connectivity index (χ1n) is 6.65. The molecule has 1 fully saturated rings. The summed E-state index contributed by atoms with van der Waals surface area (Å²) in [4.78, 5) is 1.52. The Kier molecular flexibility index (Phi) is 4.54. The maximum Gasteiger partial charge on any atom is 0.150 e. The molecule has 2 rings (SSSR count). The van der Waals surface area contributed by atoms with Gasteiger partial charge in [0.15, 0.2) is 0 Å². The fourth-order valence-electron chi connectivity index (χ4n) is 2.43. The lowest BCUT2D eigenvalue weighted by Crippen LogP contribution is -2.34. The third-order valence-electron chi connectivity index (χ3n) is 3.46. The second kappa shape index (κ2) is 6.17. The molecule has 1 saturated heterocycles. The van der Waals surface area contributed by atoms with Crippen molar-refractivity contribution in [2.75, 3.05) is 25.1 Å². The van der Waals surface area contributed by atoms with Gasteiger partial charge < -0.3 is 15.4 Å². The van der Waals surface area contributed by atoms with Crippen LogP contribution in [-0.2, 0) is 4.74 Å². The number of benzene rings is 1. The first-order valence-corrected chi connectivity index (χ1v) is 6.65. The normalized spacial score (nSPS) is 18.9. The minimum atomic E-state index is -0.714. The molecular formula is C14H19F2N3O. The Hall–Kier alpha value is -1.69. The Balaban J connectivity index is 2.16. The van der Waals surface area contributed by atoms with Crippen molar-refractivity contribution in [3.8, 4) is 0 Å². The van der Waals surface area contributed by atoms with E-state index in [0.717, 1.165) is 31.4 Å². The van der Waals surface area contributed by atoms with Crippen LogP contribution < -0.4 is 10.6 Å². The van der Waals surface area contributed by atoms with Gasteiger partial charge in [-0.1, -0.05) is 0 Å². The summed E-state index contributed by atoms with van der Waals surface area (Å²) in [5, 5.41) is 7.22. The summed E-state index contributed by atoms with van der Waals surface area (Å²) in [7, 11) is 1.63. The SMILES string of the molecule is CN(CC1CCCCO1)c1c(F)cc(C(=N)N)cc1F. The molecule has 110 valence electrons. The van der Waals surface area contributed by atoms with Crippen LogP contribution in [0.25, 0.3) is 0 Å². The summed E-state index contributed by atoms with van der Waals surface area (Å²) in [5.74, 6) is -1.78. The molecule has 0 radical (unpaired) electrons. The molecule has 1 heterocycles. The summed E-state index contributed by atoms with van der Waals surface area (Å²) in [6.07, 6.45) is 3.02. The lowest BCUT2D eigenvalue weighted by atomic mass is 10.1. The summed E-state index contributed by atoms with van der Waals surface area (Å²) in [6, 6.07) is 2.16. The van der Waals surface area contributed by atoms with Crippen molar-refractivity contribution >= 4 is 11.5 Å². The molecule has 1 aromatic carbocycles. The van der Waals surface area contributed by atoms with Crippen LogP contribution in [0.2, 0.25) is 0 Å². The largest absolute Gasteiger partial charge is 0.384 e. The van der Waals surface area contributed by atoms with E-state index in [1.807, 2.05) is 0 Å². The van der Waals surface area contributed by atoms with Gasteiger partial charge in [0.25, 0.3) is 0 Å². The van der Waals surface area contributed by atoms with E-state index < -0.39 is 11.6 Å². The Morgan fingerprint density at radius 2 is 2.05 bits per heavy atom. The molecule has 6 heteroatoms. The summed E-state index contributed by atoms with van der Waals surface area (Å²) >= 11 is 0. The molecule has 0 aromatic heterocycles. The van der Waals surface area contributed by atoms with Crippen molar-refractivity contribution in [3.63, 3.8) is 0 Å². The number of amidine groups is 1. The second-order valence-corrected chi connectivity index (χ2v) is 5.07. The highest BCUT2D eigenvalue weighted by Crippen LogP contribution is 2.25. The van der Waals surface area contributed by atoms with Gasteiger partial charge in [-0.05, 0) is 31.4 Å². The zero-order valence-corrected chi connectivity index (χ0v) is 11.5. The van der Waals surface area contributed by atoms with E-state index in [0.29, 0.717) is 13.2 Å². The quantitative estimate of drug-likeness (QED) is 0.658. The monoisotopic (exact) mass is 283 g/mol. The average molecular weight is 283 g/mol. The van der Waals surface area contributed by atoms with Gasteiger partial charge in [0.1, 0.15) is 23.2 Å². The van der Waals surface area contributed by atoms with Crippen LogP contribution in [0, 0.1) is 17.0 Å². The molecule has 0 aliphatic carbocycles. The number of ether oxygens (including phenoxy) is 1. The van der Waals surface area contributed by atoms with Crippen molar-refractivity contribution < 1.29 is 13.5 Å². The Labute approximate surface area is 117 Å². The number of nitrogens with zero attached hydrogens (tertiary/aromatic N) is 1. The lowest BCUT2D eigenvalue weighted by Gasteiger charge is -2.29. The van der Waals surface area contributed by atoms with Crippen LogP contribution in [0.5, 0.6) is 0 Å². The highest BCUT2D eigenvalue weighted by molar-refractivity contribution is 5.95. The number of nitrogens with two attached hydrogens (primary N) is 1. The third kappa shape index (κ3) is 3.25. The maximum atomic E-state index is 14.0. The maximum absolute atomic E-state index is 14.0. The van der Waals surface area contributed by atoms with Gasteiger partial charge in [0.2, 0.25) is 0 Å². The molecule has 4 nitrogen and oxygen atoms in total. The predicted molar refractivity (Wildman–Crippen MR) is 74.2 cm³/mol. The van der Waals surface area contributed by atoms with E-state index in [-0.39, 0.29) is 23.2 Å². The van der Waals surface area contributed by atoms with Crippen molar-refractivity contribution in [3.05, 3.63) is 29.3 Å². The molecule has 1 atom stereocenters. The van der Waals surface area contributed by atoms with Crippen LogP contribution in [0.15, 0.2) is 12.1 Å². The second-order valence-electron chi connectivity index (χ2n) is 5.07. The molecule has 20 heavy (non-hydrogen) atoms. The van der Waals surface area contributed by atoms with Crippen molar-refractivity contribution in [1.82, 2.24) is 0 Å². The smallest absolute Gasteiger partial charge is 0.150 e. The molecule has 0 bridgehead atoms. The van der Waals surface area contributed by atoms with Gasteiger partial charge in [-0.15, -0.1) is 0 Å². The third-order valence-corrected chi connectivity index (χ3v) is 3.46. The molecule has 0 spiro atoms. The minimum Gasteiger partial charge on any atom is -0.384 e. The molecule has 1 aliphatic rings. The van der Waals surface area contributed by atoms with E-state index >= 15 is 0 Å². The highest BCUT2D eigenvalue weighted by Gasteiger charge is 2.21. The molecule has 0 saturated carbocycles. The summed E-state index contributed by atoms with van der Waals surface area (Å²) < 4.78 is 33.6. The average Bonchev–Trinajstić information content (AvgIpc) is 2.38. The van der Waals surface area contributed by atoms with Crippen LogP contribution in [-0.4, -0.2) is 32.1 Å². The fourth-order valence-corrected chi connectivity index (χ4v) is 2.43. The molecular weight excluding hydrogens is 264 g/mol. The number of anilines is 1. The van der Waals surface area contributed by atoms with Crippen molar-refractivity contribution in [2.24, 2.45) is 5.73 Å². The number of rotatable bonds is 4. The van der Waals surface area contributed by atoms with Crippen LogP contribution in [0.3, 0.4) is 0 Å². The fraction of sp³-hybridized carbons (Fsp3) is 0.500. The number of hydrogen-bond donors (Lipinski definition) is 2. The van der Waals surface area contributed by atoms with Gasteiger partial charge in [0, 0.05) is 25.8 Å². The first kappa shape index (κ1) is 14.7. The standard InChI is InChI=1S/C14H19F2N3O/c1-19(8-10-4-2-3-5-20-10)13-11(15)6-9(14(17)18)7-12(13)16/h6-7,10H,2-5,8H2,1H3,(H3,17,18). The number of hydrogen-bond acceptors (Lipinski definition) is 3. The first-order chi connectivity index (χ1) is 9.49.